The van der Waals surface area contributed by atoms with Crippen LogP contribution in [0, 0.1) is 0 Å². The highest BCUT2D eigenvalue weighted by Crippen LogP contribution is 2.44. The molecule has 0 spiro atoms. The molecule has 0 fully saturated rings. The molecule has 10 rings (SSSR count). The Hall–Kier alpha value is -6.17. The Labute approximate surface area is 279 Å². The summed E-state index contributed by atoms with van der Waals surface area (Å²) in [6.07, 6.45) is 7.44. The molecule has 0 saturated carbocycles. The number of fused-ring (bicyclic) bond motifs is 9. The van der Waals surface area contributed by atoms with Gasteiger partial charge in [0.05, 0.1) is 21.3 Å². The molecule has 224 valence electrons. The SMILES string of the molecule is c1cncc(-c2cc(-c3ccc(-c4nc5c(ccc6c7ccccc7sc65)c5oc6ccccc6c45)cc3)cc(-c3cccnc3)c2)c1. The zero-order valence-electron chi connectivity index (χ0n) is 25.6. The van der Waals surface area contributed by atoms with Crippen LogP contribution in [0.5, 0.6) is 0 Å². The van der Waals surface area contributed by atoms with E-state index in [1.54, 1.807) is 23.7 Å². The molecule has 0 aliphatic carbocycles. The molecule has 0 radical (unpaired) electrons. The number of nitrogens with zero attached hydrogens (tertiary/aromatic N) is 3. The van der Waals surface area contributed by atoms with Gasteiger partial charge in [0.2, 0.25) is 0 Å². The van der Waals surface area contributed by atoms with E-state index in [-0.39, 0.29) is 0 Å². The third-order valence-corrected chi connectivity index (χ3v) is 10.4. The number of hydrogen-bond acceptors (Lipinski definition) is 5. The van der Waals surface area contributed by atoms with Crippen LogP contribution < -0.4 is 0 Å². The molecule has 0 atom stereocenters. The predicted molar refractivity (Wildman–Crippen MR) is 199 cm³/mol. The lowest BCUT2D eigenvalue weighted by Crippen LogP contribution is -1.90. The molecule has 5 aromatic heterocycles. The third kappa shape index (κ3) is 4.25. The summed E-state index contributed by atoms with van der Waals surface area (Å²) in [6.45, 7) is 0. The number of aromatic nitrogens is 3. The van der Waals surface area contributed by atoms with E-state index < -0.39 is 0 Å². The van der Waals surface area contributed by atoms with Crippen molar-refractivity contribution in [3.63, 3.8) is 0 Å². The first-order valence-corrected chi connectivity index (χ1v) is 16.7. The van der Waals surface area contributed by atoms with Crippen molar-refractivity contribution in [1.82, 2.24) is 15.0 Å². The molecular formula is C43H25N3OS. The van der Waals surface area contributed by atoms with Crippen LogP contribution in [0.2, 0.25) is 0 Å². The molecule has 0 amide bonds. The molecule has 0 unspecified atom stereocenters. The van der Waals surface area contributed by atoms with E-state index in [1.165, 1.54) is 20.2 Å². The quantitative estimate of drug-likeness (QED) is 0.194. The van der Waals surface area contributed by atoms with Gasteiger partial charge in [-0.25, -0.2) is 4.98 Å². The van der Waals surface area contributed by atoms with E-state index in [2.05, 4.69) is 113 Å². The first-order chi connectivity index (χ1) is 23.8. The van der Waals surface area contributed by atoms with Gasteiger partial charge in [-0.1, -0.05) is 78.9 Å². The number of rotatable bonds is 4. The maximum absolute atomic E-state index is 6.61. The van der Waals surface area contributed by atoms with Gasteiger partial charge in [0.15, 0.2) is 0 Å². The second kappa shape index (κ2) is 10.7. The van der Waals surface area contributed by atoms with Crippen LogP contribution in [0.3, 0.4) is 0 Å². The molecule has 0 aliphatic heterocycles. The Morgan fingerprint density at radius 2 is 1.10 bits per heavy atom. The van der Waals surface area contributed by atoms with Crippen molar-refractivity contribution in [2.75, 3.05) is 0 Å². The summed E-state index contributed by atoms with van der Waals surface area (Å²) < 4.78 is 9.05. The highest BCUT2D eigenvalue weighted by molar-refractivity contribution is 7.26. The topological polar surface area (TPSA) is 51.8 Å². The van der Waals surface area contributed by atoms with Gasteiger partial charge in [-0.2, -0.15) is 0 Å². The van der Waals surface area contributed by atoms with Gasteiger partial charge in [-0.15, -0.1) is 11.3 Å². The molecule has 48 heavy (non-hydrogen) atoms. The van der Waals surface area contributed by atoms with Crippen LogP contribution in [0.25, 0.3) is 97.7 Å². The Kier molecular flexibility index (Phi) is 6.01. The maximum atomic E-state index is 6.61. The van der Waals surface area contributed by atoms with Gasteiger partial charge >= 0.3 is 0 Å². The Morgan fingerprint density at radius 1 is 0.479 bits per heavy atom. The maximum Gasteiger partial charge on any atom is 0.147 e. The van der Waals surface area contributed by atoms with E-state index >= 15 is 0 Å². The minimum absolute atomic E-state index is 0.867. The lowest BCUT2D eigenvalue weighted by molar-refractivity contribution is 0.672. The van der Waals surface area contributed by atoms with Crippen LogP contribution >= 0.6 is 11.3 Å². The van der Waals surface area contributed by atoms with Crippen LogP contribution in [0.15, 0.2) is 157 Å². The molecular weight excluding hydrogens is 607 g/mol. The summed E-state index contributed by atoms with van der Waals surface area (Å²) in [7, 11) is 0. The van der Waals surface area contributed by atoms with Gasteiger partial charge in [0, 0.05) is 67.7 Å². The number of furan rings is 1. The predicted octanol–water partition coefficient (Wildman–Crippen LogP) is 12.0. The first kappa shape index (κ1) is 27.0. The van der Waals surface area contributed by atoms with E-state index in [1.807, 2.05) is 36.7 Å². The fourth-order valence-electron chi connectivity index (χ4n) is 6.93. The molecule has 0 saturated heterocycles. The number of thiophene rings is 1. The number of hydrogen-bond donors (Lipinski definition) is 0. The van der Waals surface area contributed by atoms with Crippen molar-refractivity contribution in [3.05, 3.63) is 152 Å². The molecule has 10 aromatic rings. The second-order valence-electron chi connectivity index (χ2n) is 12.1. The van der Waals surface area contributed by atoms with Crippen molar-refractivity contribution in [1.29, 1.82) is 0 Å². The fourth-order valence-corrected chi connectivity index (χ4v) is 8.13. The molecule has 0 aliphatic rings. The van der Waals surface area contributed by atoms with Crippen LogP contribution in [0.4, 0.5) is 0 Å². The second-order valence-corrected chi connectivity index (χ2v) is 13.1. The minimum atomic E-state index is 0.867. The molecule has 0 bridgehead atoms. The summed E-state index contributed by atoms with van der Waals surface area (Å²) in [5.74, 6) is 0. The fraction of sp³-hybridized carbons (Fsp3) is 0. The van der Waals surface area contributed by atoms with Crippen molar-refractivity contribution in [2.24, 2.45) is 0 Å². The Morgan fingerprint density at radius 3 is 1.81 bits per heavy atom. The van der Waals surface area contributed by atoms with E-state index in [4.69, 9.17) is 9.40 Å². The van der Waals surface area contributed by atoms with Gasteiger partial charge in [-0.05, 0) is 70.8 Å². The minimum Gasteiger partial charge on any atom is -0.455 e. The normalized spacial score (nSPS) is 11.8. The third-order valence-electron chi connectivity index (χ3n) is 9.24. The number of pyridine rings is 3. The molecule has 5 heteroatoms. The lowest BCUT2D eigenvalue weighted by Gasteiger charge is -2.12. The summed E-state index contributed by atoms with van der Waals surface area (Å²) in [4.78, 5) is 14.2. The average molecular weight is 632 g/mol. The van der Waals surface area contributed by atoms with Crippen LogP contribution in [0.1, 0.15) is 0 Å². The van der Waals surface area contributed by atoms with Gasteiger partial charge in [0.25, 0.3) is 0 Å². The molecule has 4 nitrogen and oxygen atoms in total. The van der Waals surface area contributed by atoms with E-state index in [0.29, 0.717) is 0 Å². The molecule has 5 heterocycles. The monoisotopic (exact) mass is 631 g/mol. The number of benzene rings is 5. The highest BCUT2D eigenvalue weighted by Gasteiger charge is 2.20. The van der Waals surface area contributed by atoms with Crippen molar-refractivity contribution < 1.29 is 4.42 Å². The van der Waals surface area contributed by atoms with Crippen molar-refractivity contribution in [3.8, 4) is 44.6 Å². The van der Waals surface area contributed by atoms with E-state index in [0.717, 1.165) is 77.5 Å². The Balaban J connectivity index is 1.18. The van der Waals surface area contributed by atoms with Crippen LogP contribution in [-0.2, 0) is 0 Å². The largest absolute Gasteiger partial charge is 0.455 e. The van der Waals surface area contributed by atoms with Gasteiger partial charge in [-0.3, -0.25) is 9.97 Å². The smallest absolute Gasteiger partial charge is 0.147 e. The summed E-state index contributed by atoms with van der Waals surface area (Å²) in [5.41, 5.74) is 11.3. The number of para-hydroxylation sites is 1. The Bertz CT molecular complexity index is 2760. The van der Waals surface area contributed by atoms with Gasteiger partial charge < -0.3 is 4.42 Å². The summed E-state index contributed by atoms with van der Waals surface area (Å²) in [6, 6.07) is 44.9. The van der Waals surface area contributed by atoms with Crippen LogP contribution in [-0.4, -0.2) is 15.0 Å². The summed E-state index contributed by atoms with van der Waals surface area (Å²) in [5, 5.41) is 5.64. The molecule has 0 N–H and O–H groups in total. The van der Waals surface area contributed by atoms with Crippen molar-refractivity contribution >= 4 is 64.4 Å². The summed E-state index contributed by atoms with van der Waals surface area (Å²) >= 11 is 1.80. The molecule has 5 aromatic carbocycles. The lowest BCUT2D eigenvalue weighted by atomic mass is 9.93. The highest BCUT2D eigenvalue weighted by atomic mass is 32.1. The van der Waals surface area contributed by atoms with E-state index in [9.17, 15) is 0 Å². The zero-order chi connectivity index (χ0) is 31.6. The standard InChI is InChI=1S/C43H25N3OS/c1-3-11-37-35(10-1)39-40(46-41-36(42(39)47-37)18-17-34-33-9-2-4-12-38(33)48-43(34)41)27-15-13-26(14-16-27)30-21-31(28-7-5-19-44-24-28)23-32(22-30)29-8-6-20-45-25-29/h1-25H. The first-order valence-electron chi connectivity index (χ1n) is 15.9. The van der Waals surface area contributed by atoms with Crippen molar-refractivity contribution in [2.45, 2.75) is 0 Å². The zero-order valence-corrected chi connectivity index (χ0v) is 26.4. The van der Waals surface area contributed by atoms with Gasteiger partial charge in [0.1, 0.15) is 11.2 Å². The average Bonchev–Trinajstić information content (AvgIpc) is 3.75.